The second-order valence-corrected chi connectivity index (χ2v) is 3.02. The Balaban J connectivity index is 2.85. The molecule has 0 radical (unpaired) electrons. The first kappa shape index (κ1) is 9.13. The molecule has 0 saturated carbocycles. The molecule has 0 fully saturated rings. The Morgan fingerprint density at radius 1 is 1.08 bits per heavy atom. The maximum atomic E-state index is 12.6. The van der Waals surface area contributed by atoms with Crippen molar-refractivity contribution >= 4 is 0 Å². The van der Waals surface area contributed by atoms with Crippen LogP contribution < -0.4 is 0 Å². The number of rotatable bonds is 2. The molecule has 0 atom stereocenters. The number of benzene rings is 1. The minimum Gasteiger partial charge on any atom is -0.305 e. The van der Waals surface area contributed by atoms with E-state index < -0.39 is 11.6 Å². The van der Waals surface area contributed by atoms with Crippen LogP contribution in [0, 0.1) is 11.6 Å². The SMILES string of the molecule is CN(C)Cc1cc(F)cc(F)c1. The summed E-state index contributed by atoms with van der Waals surface area (Å²) >= 11 is 0. The first-order valence-corrected chi connectivity index (χ1v) is 3.67. The molecule has 1 aromatic carbocycles. The Morgan fingerprint density at radius 2 is 1.58 bits per heavy atom. The van der Waals surface area contributed by atoms with E-state index in [1.165, 1.54) is 12.1 Å². The van der Waals surface area contributed by atoms with Crippen LogP contribution in [-0.2, 0) is 6.54 Å². The largest absolute Gasteiger partial charge is 0.305 e. The van der Waals surface area contributed by atoms with E-state index in [0.717, 1.165) is 6.07 Å². The average molecular weight is 171 g/mol. The highest BCUT2D eigenvalue weighted by Gasteiger charge is 2.00. The Morgan fingerprint density at radius 3 is 2.00 bits per heavy atom. The van der Waals surface area contributed by atoms with Gasteiger partial charge >= 0.3 is 0 Å². The maximum Gasteiger partial charge on any atom is 0.126 e. The number of nitrogens with zero attached hydrogens (tertiary/aromatic N) is 1. The predicted molar refractivity (Wildman–Crippen MR) is 43.7 cm³/mol. The van der Waals surface area contributed by atoms with Gasteiger partial charge in [0, 0.05) is 12.6 Å². The van der Waals surface area contributed by atoms with E-state index in [1.807, 2.05) is 19.0 Å². The Hall–Kier alpha value is -0.960. The first-order valence-electron chi connectivity index (χ1n) is 3.67. The van der Waals surface area contributed by atoms with Crippen molar-refractivity contribution in [3.05, 3.63) is 35.4 Å². The van der Waals surface area contributed by atoms with Crippen molar-refractivity contribution in [1.82, 2.24) is 4.90 Å². The minimum atomic E-state index is -0.521. The van der Waals surface area contributed by atoms with Gasteiger partial charge in [-0.1, -0.05) is 0 Å². The van der Waals surface area contributed by atoms with Crippen molar-refractivity contribution in [3.63, 3.8) is 0 Å². The van der Waals surface area contributed by atoms with Crippen LogP contribution in [0.2, 0.25) is 0 Å². The molecule has 0 heterocycles. The zero-order chi connectivity index (χ0) is 9.14. The van der Waals surface area contributed by atoms with Crippen LogP contribution >= 0.6 is 0 Å². The number of halogens is 2. The molecular weight excluding hydrogens is 160 g/mol. The van der Waals surface area contributed by atoms with Crippen molar-refractivity contribution < 1.29 is 8.78 Å². The smallest absolute Gasteiger partial charge is 0.126 e. The molecule has 12 heavy (non-hydrogen) atoms. The normalized spacial score (nSPS) is 10.8. The molecule has 0 N–H and O–H groups in total. The van der Waals surface area contributed by atoms with Gasteiger partial charge in [-0.2, -0.15) is 0 Å². The van der Waals surface area contributed by atoms with E-state index in [4.69, 9.17) is 0 Å². The topological polar surface area (TPSA) is 3.24 Å². The highest BCUT2D eigenvalue weighted by molar-refractivity contribution is 5.17. The highest BCUT2D eigenvalue weighted by atomic mass is 19.1. The predicted octanol–water partition coefficient (Wildman–Crippen LogP) is 2.03. The van der Waals surface area contributed by atoms with Gasteiger partial charge in [0.05, 0.1) is 0 Å². The van der Waals surface area contributed by atoms with Gasteiger partial charge in [-0.15, -0.1) is 0 Å². The fraction of sp³-hybridized carbons (Fsp3) is 0.333. The van der Waals surface area contributed by atoms with Crippen molar-refractivity contribution in [3.8, 4) is 0 Å². The Kier molecular flexibility index (Phi) is 2.76. The summed E-state index contributed by atoms with van der Waals surface area (Å²) in [4.78, 5) is 1.86. The summed E-state index contributed by atoms with van der Waals surface area (Å²) in [7, 11) is 3.70. The third kappa shape index (κ3) is 2.58. The van der Waals surface area contributed by atoms with Gasteiger partial charge in [0.25, 0.3) is 0 Å². The molecule has 66 valence electrons. The molecule has 0 aromatic heterocycles. The molecule has 0 aliphatic rings. The van der Waals surface area contributed by atoms with E-state index in [-0.39, 0.29) is 0 Å². The third-order valence-electron chi connectivity index (χ3n) is 1.42. The van der Waals surface area contributed by atoms with Crippen molar-refractivity contribution in [2.75, 3.05) is 14.1 Å². The van der Waals surface area contributed by atoms with Gasteiger partial charge in [-0.05, 0) is 31.8 Å². The Labute approximate surface area is 70.6 Å². The lowest BCUT2D eigenvalue weighted by atomic mass is 10.2. The fourth-order valence-electron chi connectivity index (χ4n) is 1.07. The summed E-state index contributed by atoms with van der Waals surface area (Å²) in [6.07, 6.45) is 0. The number of hydrogen-bond acceptors (Lipinski definition) is 1. The lowest BCUT2D eigenvalue weighted by molar-refractivity contribution is 0.400. The molecule has 0 amide bonds. The highest BCUT2D eigenvalue weighted by Crippen LogP contribution is 2.08. The van der Waals surface area contributed by atoms with Gasteiger partial charge in [0.1, 0.15) is 11.6 Å². The zero-order valence-electron chi connectivity index (χ0n) is 7.14. The molecular formula is C9H11F2N. The molecule has 0 saturated heterocycles. The second kappa shape index (κ2) is 3.63. The monoisotopic (exact) mass is 171 g/mol. The summed E-state index contributed by atoms with van der Waals surface area (Å²) in [5, 5.41) is 0. The van der Waals surface area contributed by atoms with Crippen LogP contribution in [0.25, 0.3) is 0 Å². The molecule has 0 aliphatic heterocycles. The van der Waals surface area contributed by atoms with E-state index in [2.05, 4.69) is 0 Å². The van der Waals surface area contributed by atoms with Crippen LogP contribution in [0.15, 0.2) is 18.2 Å². The summed E-state index contributed by atoms with van der Waals surface area (Å²) in [5.41, 5.74) is 0.650. The third-order valence-corrected chi connectivity index (χ3v) is 1.42. The lowest BCUT2D eigenvalue weighted by Gasteiger charge is -2.09. The summed E-state index contributed by atoms with van der Waals surface area (Å²) in [5.74, 6) is -1.04. The lowest BCUT2D eigenvalue weighted by Crippen LogP contribution is -2.10. The van der Waals surface area contributed by atoms with Crippen LogP contribution in [-0.4, -0.2) is 19.0 Å². The fourth-order valence-corrected chi connectivity index (χ4v) is 1.07. The molecule has 3 heteroatoms. The van der Waals surface area contributed by atoms with Crippen LogP contribution in [0.4, 0.5) is 8.78 Å². The van der Waals surface area contributed by atoms with Crippen molar-refractivity contribution in [2.45, 2.75) is 6.54 Å². The van der Waals surface area contributed by atoms with Gasteiger partial charge in [0.15, 0.2) is 0 Å². The van der Waals surface area contributed by atoms with Crippen LogP contribution in [0.1, 0.15) is 5.56 Å². The summed E-state index contributed by atoms with van der Waals surface area (Å²) in [6.45, 7) is 0.550. The quantitative estimate of drug-likeness (QED) is 0.658. The van der Waals surface area contributed by atoms with E-state index >= 15 is 0 Å². The van der Waals surface area contributed by atoms with Crippen LogP contribution in [0.5, 0.6) is 0 Å². The zero-order valence-corrected chi connectivity index (χ0v) is 7.14. The van der Waals surface area contributed by atoms with Gasteiger partial charge in [-0.25, -0.2) is 8.78 Å². The minimum absolute atomic E-state index is 0.521. The maximum absolute atomic E-state index is 12.6. The number of hydrogen-bond donors (Lipinski definition) is 0. The summed E-state index contributed by atoms with van der Waals surface area (Å²) in [6, 6.07) is 3.55. The van der Waals surface area contributed by atoms with E-state index in [9.17, 15) is 8.78 Å². The van der Waals surface area contributed by atoms with Crippen molar-refractivity contribution in [2.24, 2.45) is 0 Å². The van der Waals surface area contributed by atoms with Gasteiger partial charge in [-0.3, -0.25) is 0 Å². The molecule has 1 nitrogen and oxygen atoms in total. The summed E-state index contributed by atoms with van der Waals surface area (Å²) < 4.78 is 25.2. The molecule has 0 aliphatic carbocycles. The van der Waals surface area contributed by atoms with E-state index in [1.54, 1.807) is 0 Å². The molecule has 0 spiro atoms. The van der Waals surface area contributed by atoms with Crippen LogP contribution in [0.3, 0.4) is 0 Å². The first-order chi connectivity index (χ1) is 5.58. The molecule has 1 aromatic rings. The van der Waals surface area contributed by atoms with E-state index in [0.29, 0.717) is 12.1 Å². The Bertz CT molecular complexity index is 251. The standard InChI is InChI=1S/C9H11F2N/c1-12(2)6-7-3-8(10)5-9(11)4-7/h3-5H,6H2,1-2H3. The van der Waals surface area contributed by atoms with Gasteiger partial charge in [0.2, 0.25) is 0 Å². The molecule has 1 rings (SSSR count). The second-order valence-electron chi connectivity index (χ2n) is 3.02. The van der Waals surface area contributed by atoms with Crippen molar-refractivity contribution in [1.29, 1.82) is 0 Å². The molecule has 0 unspecified atom stereocenters. The van der Waals surface area contributed by atoms with Gasteiger partial charge < -0.3 is 4.90 Å². The average Bonchev–Trinajstić information content (AvgIpc) is 1.81. The molecule has 0 bridgehead atoms.